The molecule has 0 bridgehead atoms. The Balaban J connectivity index is 1.30. The van der Waals surface area contributed by atoms with Crippen molar-refractivity contribution in [2.75, 3.05) is 32.7 Å². The number of likely N-dealkylation sites (tertiary alicyclic amines) is 2. The number of amides is 1. The quantitative estimate of drug-likeness (QED) is 0.844. The molecule has 2 fully saturated rings. The molecule has 0 radical (unpaired) electrons. The number of halogens is 1. The van der Waals surface area contributed by atoms with Gasteiger partial charge >= 0.3 is 0 Å². The van der Waals surface area contributed by atoms with Crippen LogP contribution in [0.3, 0.4) is 0 Å². The summed E-state index contributed by atoms with van der Waals surface area (Å²) in [7, 11) is 0. The van der Waals surface area contributed by atoms with Gasteiger partial charge in [0, 0.05) is 42.8 Å². The number of hydrogen-bond donors (Lipinski definition) is 0. The monoisotopic (exact) mass is 357 g/mol. The van der Waals surface area contributed by atoms with E-state index in [-0.39, 0.29) is 18.6 Å². The Bertz CT molecular complexity index is 771. The van der Waals surface area contributed by atoms with Gasteiger partial charge in [0.15, 0.2) is 0 Å². The topological polar surface area (TPSA) is 45.7 Å². The van der Waals surface area contributed by atoms with Crippen LogP contribution in [0.2, 0.25) is 0 Å². The molecular weight excluding hydrogens is 333 g/mol. The Hall–Kier alpha value is -2.21. The predicted molar refractivity (Wildman–Crippen MR) is 97.9 cm³/mol. The molecule has 26 heavy (non-hydrogen) atoms. The summed E-state index contributed by atoms with van der Waals surface area (Å²) in [6.45, 7) is 2.86. The van der Waals surface area contributed by atoms with Crippen LogP contribution in [0.4, 0.5) is 4.39 Å². The third kappa shape index (κ3) is 3.80. The lowest BCUT2D eigenvalue weighted by Crippen LogP contribution is -2.44. The van der Waals surface area contributed by atoms with E-state index >= 15 is 0 Å². The first kappa shape index (κ1) is 17.2. The van der Waals surface area contributed by atoms with Crippen LogP contribution >= 0.6 is 0 Å². The molecule has 0 unspecified atom stereocenters. The molecule has 2 aromatic rings. The number of benzene rings is 1. The van der Waals surface area contributed by atoms with Crippen LogP contribution in [0.15, 0.2) is 36.7 Å². The van der Waals surface area contributed by atoms with E-state index < -0.39 is 6.17 Å². The van der Waals surface area contributed by atoms with Crippen molar-refractivity contribution in [3.8, 4) is 5.75 Å². The Morgan fingerprint density at radius 2 is 2.04 bits per heavy atom. The van der Waals surface area contributed by atoms with Gasteiger partial charge in [-0.1, -0.05) is 12.1 Å². The largest absolute Gasteiger partial charge is 0.490 e. The molecule has 2 aliphatic heterocycles. The van der Waals surface area contributed by atoms with Gasteiger partial charge in [-0.25, -0.2) is 4.39 Å². The normalized spacial score (nSPS) is 22.0. The Morgan fingerprint density at radius 1 is 1.19 bits per heavy atom. The van der Waals surface area contributed by atoms with E-state index in [1.54, 1.807) is 11.1 Å². The van der Waals surface area contributed by atoms with Crippen molar-refractivity contribution in [1.29, 1.82) is 0 Å². The standard InChI is InChI=1S/C20H24FN3O2/c21-16-5-11-24(13-16)20(25)14-23-9-6-17(7-10-23)26-19-3-1-2-15-12-22-8-4-18(15)19/h1-4,8,12,16-17H,5-7,9-11,13-14H2/t16-/m0/s1. The lowest BCUT2D eigenvalue weighted by molar-refractivity contribution is -0.132. The molecule has 0 aliphatic carbocycles. The maximum atomic E-state index is 13.3. The zero-order chi connectivity index (χ0) is 17.9. The van der Waals surface area contributed by atoms with Crippen molar-refractivity contribution in [1.82, 2.24) is 14.8 Å². The minimum absolute atomic E-state index is 0.0473. The Kier molecular flexibility index (Phi) is 5.02. The van der Waals surface area contributed by atoms with Crippen molar-refractivity contribution < 1.29 is 13.9 Å². The number of carbonyl (C=O) groups excluding carboxylic acids is 1. The molecule has 2 saturated heterocycles. The van der Waals surface area contributed by atoms with Gasteiger partial charge < -0.3 is 9.64 Å². The highest BCUT2D eigenvalue weighted by Gasteiger charge is 2.28. The van der Waals surface area contributed by atoms with Crippen molar-refractivity contribution in [3.63, 3.8) is 0 Å². The molecule has 0 saturated carbocycles. The number of rotatable bonds is 4. The molecule has 5 nitrogen and oxygen atoms in total. The number of ether oxygens (including phenoxy) is 1. The number of pyridine rings is 1. The highest BCUT2D eigenvalue weighted by molar-refractivity contribution is 5.87. The molecule has 1 aromatic carbocycles. The molecule has 0 N–H and O–H groups in total. The maximum Gasteiger partial charge on any atom is 0.236 e. The third-order valence-corrected chi connectivity index (χ3v) is 5.31. The first-order chi connectivity index (χ1) is 12.7. The van der Waals surface area contributed by atoms with Gasteiger partial charge in [0.1, 0.15) is 18.0 Å². The summed E-state index contributed by atoms with van der Waals surface area (Å²) >= 11 is 0. The first-order valence-corrected chi connectivity index (χ1v) is 9.32. The van der Waals surface area contributed by atoms with E-state index in [2.05, 4.69) is 9.88 Å². The predicted octanol–water partition coefficient (Wildman–Crippen LogP) is 2.65. The minimum atomic E-state index is -0.853. The molecule has 4 rings (SSSR count). The van der Waals surface area contributed by atoms with Gasteiger partial charge in [0.25, 0.3) is 0 Å². The van der Waals surface area contributed by atoms with Crippen LogP contribution in [0.5, 0.6) is 5.75 Å². The Morgan fingerprint density at radius 3 is 2.81 bits per heavy atom. The average molecular weight is 357 g/mol. The Labute approximate surface area is 152 Å². The summed E-state index contributed by atoms with van der Waals surface area (Å²) in [6, 6.07) is 8.00. The van der Waals surface area contributed by atoms with Crippen molar-refractivity contribution >= 4 is 16.7 Å². The highest BCUT2D eigenvalue weighted by Crippen LogP contribution is 2.27. The van der Waals surface area contributed by atoms with Crippen LogP contribution in [0.1, 0.15) is 19.3 Å². The summed E-state index contributed by atoms with van der Waals surface area (Å²) in [5.41, 5.74) is 0. The number of fused-ring (bicyclic) bond motifs is 1. The third-order valence-electron chi connectivity index (χ3n) is 5.31. The van der Waals surface area contributed by atoms with Crippen LogP contribution in [-0.4, -0.2) is 65.7 Å². The second-order valence-corrected chi connectivity index (χ2v) is 7.17. The van der Waals surface area contributed by atoms with Gasteiger partial charge in [-0.3, -0.25) is 14.7 Å². The van der Waals surface area contributed by atoms with Crippen molar-refractivity contribution in [2.24, 2.45) is 0 Å². The van der Waals surface area contributed by atoms with E-state index in [0.717, 1.165) is 42.5 Å². The first-order valence-electron chi connectivity index (χ1n) is 9.32. The van der Waals surface area contributed by atoms with Gasteiger partial charge in [0.05, 0.1) is 13.1 Å². The zero-order valence-corrected chi connectivity index (χ0v) is 14.8. The van der Waals surface area contributed by atoms with E-state index in [4.69, 9.17) is 4.74 Å². The summed E-state index contributed by atoms with van der Waals surface area (Å²) in [5, 5.41) is 2.15. The second-order valence-electron chi connectivity index (χ2n) is 7.17. The fourth-order valence-corrected chi connectivity index (χ4v) is 3.80. The van der Waals surface area contributed by atoms with Gasteiger partial charge in [-0.2, -0.15) is 0 Å². The van der Waals surface area contributed by atoms with Crippen LogP contribution in [-0.2, 0) is 4.79 Å². The summed E-state index contributed by atoms with van der Waals surface area (Å²) in [5.74, 6) is 0.941. The number of piperidine rings is 1. The van der Waals surface area contributed by atoms with Gasteiger partial charge in [0.2, 0.25) is 5.91 Å². The van der Waals surface area contributed by atoms with Crippen molar-refractivity contribution in [2.45, 2.75) is 31.5 Å². The van der Waals surface area contributed by atoms with E-state index in [1.807, 2.05) is 30.5 Å². The smallest absolute Gasteiger partial charge is 0.236 e. The van der Waals surface area contributed by atoms with E-state index in [0.29, 0.717) is 19.5 Å². The van der Waals surface area contributed by atoms with Gasteiger partial charge in [-0.05, 0) is 31.4 Å². The highest BCUT2D eigenvalue weighted by atomic mass is 19.1. The van der Waals surface area contributed by atoms with E-state index in [1.165, 1.54) is 0 Å². The van der Waals surface area contributed by atoms with Crippen LogP contribution < -0.4 is 4.74 Å². The number of aromatic nitrogens is 1. The summed E-state index contributed by atoms with van der Waals surface area (Å²) in [4.78, 5) is 20.2. The lowest BCUT2D eigenvalue weighted by atomic mass is 10.1. The summed E-state index contributed by atoms with van der Waals surface area (Å²) < 4.78 is 19.5. The molecule has 0 spiro atoms. The molecule has 1 aromatic heterocycles. The second kappa shape index (κ2) is 7.58. The fraction of sp³-hybridized carbons (Fsp3) is 0.500. The van der Waals surface area contributed by atoms with Crippen LogP contribution in [0.25, 0.3) is 10.8 Å². The summed E-state index contributed by atoms with van der Waals surface area (Å²) in [6.07, 6.45) is 5.18. The molecule has 2 aliphatic rings. The van der Waals surface area contributed by atoms with Crippen molar-refractivity contribution in [3.05, 3.63) is 36.7 Å². The number of carbonyl (C=O) groups is 1. The molecule has 1 amide bonds. The average Bonchev–Trinajstić information content (AvgIpc) is 3.10. The molecule has 1 atom stereocenters. The number of alkyl halides is 1. The molecule has 3 heterocycles. The minimum Gasteiger partial charge on any atom is -0.490 e. The maximum absolute atomic E-state index is 13.3. The molecular formula is C20H24FN3O2. The number of hydrogen-bond acceptors (Lipinski definition) is 4. The number of nitrogens with zero attached hydrogens (tertiary/aromatic N) is 3. The fourth-order valence-electron chi connectivity index (χ4n) is 3.80. The lowest BCUT2D eigenvalue weighted by Gasteiger charge is -2.32. The van der Waals surface area contributed by atoms with Crippen LogP contribution in [0, 0.1) is 0 Å². The molecule has 6 heteroatoms. The SMILES string of the molecule is O=C(CN1CCC(Oc2cccc3cnccc23)CC1)N1CC[C@H](F)C1. The zero-order valence-electron chi connectivity index (χ0n) is 14.8. The van der Waals surface area contributed by atoms with E-state index in [9.17, 15) is 9.18 Å². The van der Waals surface area contributed by atoms with Gasteiger partial charge in [-0.15, -0.1) is 0 Å². The molecule has 138 valence electrons.